The van der Waals surface area contributed by atoms with Gasteiger partial charge in [-0.25, -0.2) is 4.79 Å². The third-order valence-corrected chi connectivity index (χ3v) is 4.94. The first-order valence-electron chi connectivity index (χ1n) is 8.49. The van der Waals surface area contributed by atoms with Gasteiger partial charge in [0.15, 0.2) is 5.54 Å². The molecule has 1 heterocycles. The van der Waals surface area contributed by atoms with E-state index in [4.69, 9.17) is 0 Å². The van der Waals surface area contributed by atoms with Crippen molar-refractivity contribution < 1.29 is 14.7 Å². The van der Waals surface area contributed by atoms with Crippen molar-refractivity contribution in [3.8, 4) is 0 Å². The monoisotopic (exact) mass is 341 g/mol. The molecule has 6 heteroatoms. The highest BCUT2D eigenvalue weighted by molar-refractivity contribution is 5.90. The number of hydrogen-bond acceptors (Lipinski definition) is 3. The minimum atomic E-state index is -1.15. The molecular formula is C19H23N3O3. The van der Waals surface area contributed by atoms with E-state index in [-0.39, 0.29) is 5.91 Å². The zero-order valence-corrected chi connectivity index (χ0v) is 14.5. The predicted octanol–water partition coefficient (Wildman–Crippen LogP) is 3.23. The lowest BCUT2D eigenvalue weighted by molar-refractivity contribution is -0.146. The minimum absolute atomic E-state index is 0.0517. The molecule has 0 aliphatic heterocycles. The van der Waals surface area contributed by atoms with Crippen LogP contribution in [0.3, 0.4) is 0 Å². The second-order valence-corrected chi connectivity index (χ2v) is 7.24. The highest BCUT2D eigenvalue weighted by Crippen LogP contribution is 2.43. The third kappa shape index (κ3) is 3.73. The smallest absolute Gasteiger partial charge is 0.331 e. The summed E-state index contributed by atoms with van der Waals surface area (Å²) >= 11 is 0. The number of rotatable bonds is 6. The number of nitrogens with zero attached hydrogens (tertiary/aromatic N) is 2. The highest BCUT2D eigenvalue weighted by Gasteiger charge is 2.32. The number of aliphatic carboxylic acids is 1. The fourth-order valence-corrected chi connectivity index (χ4v) is 3.17. The maximum atomic E-state index is 12.2. The second-order valence-electron chi connectivity index (χ2n) is 7.24. The zero-order chi connectivity index (χ0) is 18.0. The van der Waals surface area contributed by atoms with E-state index in [0.29, 0.717) is 23.9 Å². The quantitative estimate of drug-likeness (QED) is 0.845. The molecule has 0 spiro atoms. The normalized spacial score (nSPS) is 19.9. The number of carbonyl (C=O) groups excluding carboxylic acids is 1. The van der Waals surface area contributed by atoms with E-state index in [1.165, 1.54) is 16.4 Å². The van der Waals surface area contributed by atoms with E-state index in [0.717, 1.165) is 12.8 Å². The number of benzene rings is 1. The fourth-order valence-electron chi connectivity index (χ4n) is 3.17. The van der Waals surface area contributed by atoms with Crippen LogP contribution in [-0.2, 0) is 15.1 Å². The van der Waals surface area contributed by atoms with Gasteiger partial charge < -0.3 is 10.4 Å². The molecule has 1 aliphatic rings. The largest absolute Gasteiger partial charge is 0.479 e. The number of carboxylic acid groups (broad SMARTS) is 1. The molecule has 1 amide bonds. The Kier molecular flexibility index (Phi) is 4.61. The van der Waals surface area contributed by atoms with Crippen LogP contribution in [0.4, 0.5) is 5.69 Å². The van der Waals surface area contributed by atoms with Crippen LogP contribution in [0.5, 0.6) is 0 Å². The molecule has 0 atom stereocenters. The number of carbonyl (C=O) groups is 2. The van der Waals surface area contributed by atoms with Crippen LogP contribution in [0.25, 0.3) is 0 Å². The summed E-state index contributed by atoms with van der Waals surface area (Å²) in [5, 5.41) is 16.1. The van der Waals surface area contributed by atoms with Gasteiger partial charge in [0.25, 0.3) is 0 Å². The van der Waals surface area contributed by atoms with Gasteiger partial charge in [-0.2, -0.15) is 5.10 Å². The highest BCUT2D eigenvalue weighted by atomic mass is 16.4. The average Bonchev–Trinajstić information content (AvgIpc) is 3.00. The van der Waals surface area contributed by atoms with Crippen LogP contribution in [0, 0.1) is 5.92 Å². The molecule has 1 fully saturated rings. The Morgan fingerprint density at radius 1 is 1.28 bits per heavy atom. The molecular weight excluding hydrogens is 318 g/mol. The fraction of sp³-hybridized carbons (Fsp3) is 0.421. The SMILES string of the molecule is CC(C)(C(=O)O)n1cc(NC(=O)CC2CC(c3ccccc3)C2)cn1. The number of amides is 1. The molecule has 2 N–H and O–H groups in total. The van der Waals surface area contributed by atoms with E-state index in [1.54, 1.807) is 20.0 Å². The molecule has 0 bridgehead atoms. The van der Waals surface area contributed by atoms with Gasteiger partial charge in [0.05, 0.1) is 11.9 Å². The van der Waals surface area contributed by atoms with Crippen LogP contribution in [0.1, 0.15) is 44.6 Å². The molecule has 2 aromatic rings. The van der Waals surface area contributed by atoms with E-state index < -0.39 is 11.5 Å². The van der Waals surface area contributed by atoms with Gasteiger partial charge in [0.2, 0.25) is 5.91 Å². The molecule has 25 heavy (non-hydrogen) atoms. The van der Waals surface area contributed by atoms with E-state index in [1.807, 2.05) is 18.2 Å². The summed E-state index contributed by atoms with van der Waals surface area (Å²) in [4.78, 5) is 23.4. The summed E-state index contributed by atoms with van der Waals surface area (Å²) in [7, 11) is 0. The van der Waals surface area contributed by atoms with Crippen molar-refractivity contribution in [2.75, 3.05) is 5.32 Å². The molecule has 0 radical (unpaired) electrons. The lowest BCUT2D eigenvalue weighted by Crippen LogP contribution is -2.35. The summed E-state index contributed by atoms with van der Waals surface area (Å²) in [6, 6.07) is 10.4. The van der Waals surface area contributed by atoms with Crippen LogP contribution >= 0.6 is 0 Å². The molecule has 1 saturated carbocycles. The van der Waals surface area contributed by atoms with Crippen LogP contribution < -0.4 is 5.32 Å². The minimum Gasteiger partial charge on any atom is -0.479 e. The number of hydrogen-bond donors (Lipinski definition) is 2. The summed E-state index contributed by atoms with van der Waals surface area (Å²) in [6.45, 7) is 3.12. The van der Waals surface area contributed by atoms with Gasteiger partial charge in [0, 0.05) is 12.6 Å². The number of anilines is 1. The molecule has 1 aliphatic carbocycles. The van der Waals surface area contributed by atoms with Crippen LogP contribution in [-0.4, -0.2) is 26.8 Å². The van der Waals surface area contributed by atoms with Crippen molar-refractivity contribution in [1.29, 1.82) is 0 Å². The van der Waals surface area contributed by atoms with Crippen molar-refractivity contribution in [3.63, 3.8) is 0 Å². The lowest BCUT2D eigenvalue weighted by Gasteiger charge is -2.35. The maximum Gasteiger partial charge on any atom is 0.331 e. The molecule has 0 unspecified atom stereocenters. The average molecular weight is 341 g/mol. The summed E-state index contributed by atoms with van der Waals surface area (Å²) in [6.07, 6.45) is 5.58. The zero-order valence-electron chi connectivity index (χ0n) is 14.5. The molecule has 6 nitrogen and oxygen atoms in total. The Balaban J connectivity index is 1.50. The first-order chi connectivity index (χ1) is 11.9. The summed E-state index contributed by atoms with van der Waals surface area (Å²) < 4.78 is 1.35. The van der Waals surface area contributed by atoms with Crippen molar-refractivity contribution in [2.45, 2.75) is 44.6 Å². The van der Waals surface area contributed by atoms with Crippen molar-refractivity contribution in [2.24, 2.45) is 5.92 Å². The number of carboxylic acids is 1. The Bertz CT molecular complexity index is 761. The van der Waals surface area contributed by atoms with Gasteiger partial charge in [-0.05, 0) is 44.1 Å². The van der Waals surface area contributed by atoms with Gasteiger partial charge in [-0.15, -0.1) is 0 Å². The second kappa shape index (κ2) is 6.70. The number of aromatic nitrogens is 2. The van der Waals surface area contributed by atoms with E-state index in [2.05, 4.69) is 22.5 Å². The number of nitrogens with one attached hydrogen (secondary N) is 1. The Hall–Kier alpha value is -2.63. The molecule has 3 rings (SSSR count). The molecule has 1 aromatic carbocycles. The molecule has 1 aromatic heterocycles. The Morgan fingerprint density at radius 2 is 1.96 bits per heavy atom. The standard InChI is InChI=1S/C19H23N3O3/c1-19(2,18(24)25)22-12-16(11-20-22)21-17(23)10-13-8-15(9-13)14-6-4-3-5-7-14/h3-7,11-13,15H,8-10H2,1-2H3,(H,21,23)(H,24,25). The van der Waals surface area contributed by atoms with Crippen LogP contribution in [0.15, 0.2) is 42.7 Å². The summed E-state index contributed by atoms with van der Waals surface area (Å²) in [5.74, 6) is -0.0760. The first-order valence-corrected chi connectivity index (χ1v) is 8.49. The molecule has 132 valence electrons. The van der Waals surface area contributed by atoms with Gasteiger partial charge in [-0.1, -0.05) is 30.3 Å². The van der Waals surface area contributed by atoms with Crippen molar-refractivity contribution >= 4 is 17.6 Å². The van der Waals surface area contributed by atoms with E-state index in [9.17, 15) is 14.7 Å². The van der Waals surface area contributed by atoms with Crippen molar-refractivity contribution in [3.05, 3.63) is 48.3 Å². The third-order valence-electron chi connectivity index (χ3n) is 4.94. The predicted molar refractivity (Wildman–Crippen MR) is 94.3 cm³/mol. The van der Waals surface area contributed by atoms with Gasteiger partial charge in [-0.3, -0.25) is 9.48 Å². The first kappa shape index (κ1) is 17.2. The lowest BCUT2D eigenvalue weighted by atomic mass is 9.70. The summed E-state index contributed by atoms with van der Waals surface area (Å²) in [5.41, 5.74) is 0.717. The maximum absolute atomic E-state index is 12.2. The van der Waals surface area contributed by atoms with Crippen molar-refractivity contribution in [1.82, 2.24) is 9.78 Å². The van der Waals surface area contributed by atoms with Crippen LogP contribution in [0.2, 0.25) is 0 Å². The van der Waals surface area contributed by atoms with Gasteiger partial charge in [0.1, 0.15) is 0 Å². The Labute approximate surface area is 146 Å². The molecule has 0 saturated heterocycles. The van der Waals surface area contributed by atoms with Gasteiger partial charge >= 0.3 is 5.97 Å². The van der Waals surface area contributed by atoms with E-state index >= 15 is 0 Å². The topological polar surface area (TPSA) is 84.2 Å². The Morgan fingerprint density at radius 3 is 2.60 bits per heavy atom.